The highest BCUT2D eigenvalue weighted by Crippen LogP contribution is 2.35. The number of fused-ring (bicyclic) bond motifs is 1. The van der Waals surface area contributed by atoms with E-state index in [0.717, 1.165) is 31.7 Å². The van der Waals surface area contributed by atoms with E-state index in [1.54, 1.807) is 0 Å². The Bertz CT molecular complexity index is 483. The third-order valence-corrected chi connectivity index (χ3v) is 3.42. The van der Waals surface area contributed by atoms with Crippen LogP contribution in [0.4, 0.5) is 0 Å². The number of esters is 1. The molecule has 0 bridgehead atoms. The molecule has 0 aromatic heterocycles. The van der Waals surface area contributed by atoms with Crippen molar-refractivity contribution in [1.82, 2.24) is 5.32 Å². The van der Waals surface area contributed by atoms with E-state index in [4.69, 9.17) is 4.74 Å². The van der Waals surface area contributed by atoms with Crippen LogP contribution in [0.25, 0.3) is 0 Å². The average Bonchev–Trinajstić information content (AvgIpc) is 2.71. The van der Waals surface area contributed by atoms with E-state index in [-0.39, 0.29) is 11.6 Å². The summed E-state index contributed by atoms with van der Waals surface area (Å²) in [5.41, 5.74) is 2.45. The standard InChI is InChI=1S/C16H23NO3/c1-16(2)10-13-9-12(6-7-14(13)20-16)11-17-8-4-5-15(18)19-3/h6-7,9,17H,4-5,8,10-11H2,1-3H3. The molecule has 1 aromatic carbocycles. The van der Waals surface area contributed by atoms with Crippen LogP contribution in [0.5, 0.6) is 5.75 Å². The van der Waals surface area contributed by atoms with Crippen molar-refractivity contribution >= 4 is 5.97 Å². The number of hydrogen-bond acceptors (Lipinski definition) is 4. The van der Waals surface area contributed by atoms with Crippen LogP contribution in [-0.4, -0.2) is 25.2 Å². The quantitative estimate of drug-likeness (QED) is 0.641. The van der Waals surface area contributed by atoms with Gasteiger partial charge >= 0.3 is 5.97 Å². The fourth-order valence-electron chi connectivity index (χ4n) is 2.47. The second kappa shape index (κ2) is 6.27. The van der Waals surface area contributed by atoms with Crippen LogP contribution in [-0.2, 0) is 22.5 Å². The normalized spacial score (nSPS) is 15.6. The molecule has 1 N–H and O–H groups in total. The second-order valence-corrected chi connectivity index (χ2v) is 5.84. The lowest BCUT2D eigenvalue weighted by atomic mass is 10.0. The number of rotatable bonds is 6. The lowest BCUT2D eigenvalue weighted by Crippen LogP contribution is -2.24. The van der Waals surface area contributed by atoms with Crippen LogP contribution in [0.1, 0.15) is 37.8 Å². The topological polar surface area (TPSA) is 47.6 Å². The van der Waals surface area contributed by atoms with Crippen molar-refractivity contribution < 1.29 is 14.3 Å². The molecule has 0 fully saturated rings. The minimum absolute atomic E-state index is 0.0884. The van der Waals surface area contributed by atoms with Crippen molar-refractivity contribution in [2.45, 2.75) is 45.3 Å². The van der Waals surface area contributed by atoms with Crippen molar-refractivity contribution in [3.8, 4) is 5.75 Å². The molecule has 1 aromatic rings. The SMILES string of the molecule is COC(=O)CCCNCc1ccc2c(c1)CC(C)(C)O2. The van der Waals surface area contributed by atoms with Gasteiger partial charge in [0.2, 0.25) is 0 Å². The van der Waals surface area contributed by atoms with Gasteiger partial charge in [0, 0.05) is 19.4 Å². The maximum atomic E-state index is 11.0. The minimum Gasteiger partial charge on any atom is -0.487 e. The van der Waals surface area contributed by atoms with Gasteiger partial charge in [-0.1, -0.05) is 12.1 Å². The molecule has 110 valence electrons. The van der Waals surface area contributed by atoms with E-state index < -0.39 is 0 Å². The second-order valence-electron chi connectivity index (χ2n) is 5.84. The molecule has 1 aliphatic heterocycles. The van der Waals surface area contributed by atoms with Crippen molar-refractivity contribution in [1.29, 1.82) is 0 Å². The average molecular weight is 277 g/mol. The molecule has 1 heterocycles. The van der Waals surface area contributed by atoms with Crippen molar-refractivity contribution in [3.63, 3.8) is 0 Å². The van der Waals surface area contributed by atoms with Gasteiger partial charge in [0.1, 0.15) is 11.4 Å². The number of ether oxygens (including phenoxy) is 2. The Morgan fingerprint density at radius 1 is 1.45 bits per heavy atom. The van der Waals surface area contributed by atoms with Gasteiger partial charge in [-0.15, -0.1) is 0 Å². The Morgan fingerprint density at radius 2 is 2.25 bits per heavy atom. The summed E-state index contributed by atoms with van der Waals surface area (Å²) in [7, 11) is 1.42. The van der Waals surface area contributed by atoms with Crippen molar-refractivity contribution in [2.75, 3.05) is 13.7 Å². The molecule has 20 heavy (non-hydrogen) atoms. The Kier molecular flexibility index (Phi) is 4.65. The summed E-state index contributed by atoms with van der Waals surface area (Å²) in [5, 5.41) is 3.34. The van der Waals surface area contributed by atoms with Gasteiger partial charge in [-0.2, -0.15) is 0 Å². The molecule has 0 radical (unpaired) electrons. The summed E-state index contributed by atoms with van der Waals surface area (Å²) in [6, 6.07) is 6.35. The first-order valence-electron chi connectivity index (χ1n) is 7.08. The van der Waals surface area contributed by atoms with E-state index >= 15 is 0 Å². The zero-order valence-electron chi connectivity index (χ0n) is 12.5. The van der Waals surface area contributed by atoms with Crippen LogP contribution in [0.2, 0.25) is 0 Å². The highest BCUT2D eigenvalue weighted by molar-refractivity contribution is 5.69. The summed E-state index contributed by atoms with van der Waals surface area (Å²) >= 11 is 0. The predicted octanol–water partition coefficient (Wildman–Crippen LogP) is 2.44. The smallest absolute Gasteiger partial charge is 0.305 e. The Balaban J connectivity index is 1.77. The molecule has 0 atom stereocenters. The van der Waals surface area contributed by atoms with Gasteiger partial charge in [-0.25, -0.2) is 0 Å². The summed E-state index contributed by atoms with van der Waals surface area (Å²) in [6.07, 6.45) is 2.22. The zero-order valence-corrected chi connectivity index (χ0v) is 12.5. The Morgan fingerprint density at radius 3 is 3.00 bits per heavy atom. The largest absolute Gasteiger partial charge is 0.487 e. The van der Waals surface area contributed by atoms with E-state index in [0.29, 0.717) is 6.42 Å². The number of carbonyl (C=O) groups is 1. The number of nitrogens with one attached hydrogen (secondary N) is 1. The fraction of sp³-hybridized carbons (Fsp3) is 0.562. The maximum Gasteiger partial charge on any atom is 0.305 e. The van der Waals surface area contributed by atoms with Gasteiger partial charge in [0.15, 0.2) is 0 Å². The minimum atomic E-state index is -0.149. The monoisotopic (exact) mass is 277 g/mol. The third-order valence-electron chi connectivity index (χ3n) is 3.42. The summed E-state index contributed by atoms with van der Waals surface area (Å²) in [6.45, 7) is 5.85. The number of benzene rings is 1. The molecule has 0 spiro atoms. The first-order valence-corrected chi connectivity index (χ1v) is 7.08. The van der Waals surface area contributed by atoms with Crippen LogP contribution < -0.4 is 10.1 Å². The first kappa shape index (κ1) is 14.9. The number of hydrogen-bond donors (Lipinski definition) is 1. The molecule has 4 heteroatoms. The molecule has 4 nitrogen and oxygen atoms in total. The van der Waals surface area contributed by atoms with E-state index in [9.17, 15) is 4.79 Å². The van der Waals surface area contributed by atoms with Crippen LogP contribution in [0.3, 0.4) is 0 Å². The van der Waals surface area contributed by atoms with Crippen LogP contribution >= 0.6 is 0 Å². The first-order chi connectivity index (χ1) is 9.50. The van der Waals surface area contributed by atoms with Crippen molar-refractivity contribution in [2.24, 2.45) is 0 Å². The van der Waals surface area contributed by atoms with Gasteiger partial charge in [0.05, 0.1) is 7.11 Å². The fourth-order valence-corrected chi connectivity index (χ4v) is 2.47. The number of methoxy groups -OCH3 is 1. The zero-order chi connectivity index (χ0) is 14.6. The van der Waals surface area contributed by atoms with Gasteiger partial charge in [0.25, 0.3) is 0 Å². The molecular formula is C16H23NO3. The molecule has 0 saturated carbocycles. The molecular weight excluding hydrogens is 254 g/mol. The molecule has 0 aliphatic carbocycles. The van der Waals surface area contributed by atoms with E-state index in [1.165, 1.54) is 18.2 Å². The van der Waals surface area contributed by atoms with E-state index in [1.807, 2.05) is 0 Å². The Labute approximate surface area is 120 Å². The summed E-state index contributed by atoms with van der Waals surface area (Å²) < 4.78 is 10.5. The third kappa shape index (κ3) is 3.97. The molecule has 1 aliphatic rings. The Hall–Kier alpha value is -1.55. The highest BCUT2D eigenvalue weighted by atomic mass is 16.5. The highest BCUT2D eigenvalue weighted by Gasteiger charge is 2.29. The van der Waals surface area contributed by atoms with Crippen molar-refractivity contribution in [3.05, 3.63) is 29.3 Å². The van der Waals surface area contributed by atoms with E-state index in [2.05, 4.69) is 42.1 Å². The van der Waals surface area contributed by atoms with Crippen LogP contribution in [0.15, 0.2) is 18.2 Å². The number of carbonyl (C=O) groups excluding carboxylic acids is 1. The predicted molar refractivity (Wildman–Crippen MR) is 77.8 cm³/mol. The molecule has 2 rings (SSSR count). The lowest BCUT2D eigenvalue weighted by molar-refractivity contribution is -0.140. The van der Waals surface area contributed by atoms with Gasteiger partial charge in [-0.3, -0.25) is 4.79 Å². The lowest BCUT2D eigenvalue weighted by Gasteiger charge is -2.16. The van der Waals surface area contributed by atoms with Gasteiger partial charge < -0.3 is 14.8 Å². The maximum absolute atomic E-state index is 11.0. The molecule has 0 unspecified atom stereocenters. The van der Waals surface area contributed by atoms with Gasteiger partial charge in [-0.05, 0) is 44.0 Å². The summed E-state index contributed by atoms with van der Waals surface area (Å²) in [4.78, 5) is 11.0. The van der Waals surface area contributed by atoms with Crippen LogP contribution in [0, 0.1) is 0 Å². The molecule has 0 amide bonds. The summed E-state index contributed by atoms with van der Waals surface area (Å²) in [5.74, 6) is 0.855. The molecule has 0 saturated heterocycles.